The molecule has 1 aromatic rings. The van der Waals surface area contributed by atoms with Crippen LogP contribution in [0.1, 0.15) is 25.7 Å². The van der Waals surface area contributed by atoms with Gasteiger partial charge in [-0.05, 0) is 37.9 Å². The van der Waals surface area contributed by atoms with Crippen LogP contribution in [0.25, 0.3) is 0 Å². The normalized spacial score (nSPS) is 25.0. The number of hydrogen-bond donors (Lipinski definition) is 2. The molecule has 3 rings (SSSR count). The summed E-state index contributed by atoms with van der Waals surface area (Å²) in [5, 5.41) is 6.20. The fraction of sp³-hybridized carbons (Fsp3) is 0.562. The van der Waals surface area contributed by atoms with Crippen molar-refractivity contribution >= 4 is 28.3 Å². The maximum absolute atomic E-state index is 12.9. The molecule has 2 saturated heterocycles. The molecule has 2 aliphatic rings. The van der Waals surface area contributed by atoms with Crippen LogP contribution in [0.15, 0.2) is 35.2 Å². The van der Waals surface area contributed by atoms with Crippen LogP contribution in [0.3, 0.4) is 0 Å². The van der Waals surface area contributed by atoms with Crippen LogP contribution in [0.5, 0.6) is 0 Å². The Kier molecular flexibility index (Phi) is 6.62. The number of piperidine rings is 1. The Labute approximate surface area is 149 Å². The molecule has 2 aliphatic heterocycles. The van der Waals surface area contributed by atoms with E-state index in [1.165, 1.54) is 4.31 Å². The second kappa shape index (κ2) is 8.29. The molecular weight excluding hydrogens is 350 g/mol. The first kappa shape index (κ1) is 19.2. The van der Waals surface area contributed by atoms with Crippen molar-refractivity contribution < 1.29 is 13.2 Å². The molecule has 2 fully saturated rings. The van der Waals surface area contributed by atoms with E-state index in [0.29, 0.717) is 13.0 Å². The smallest absolute Gasteiger partial charge is 0.243 e. The van der Waals surface area contributed by atoms with E-state index in [1.807, 2.05) is 0 Å². The number of halogens is 1. The van der Waals surface area contributed by atoms with Gasteiger partial charge in [0, 0.05) is 19.1 Å². The predicted octanol–water partition coefficient (Wildman–Crippen LogP) is 1.13. The first-order chi connectivity index (χ1) is 11.1. The van der Waals surface area contributed by atoms with Crippen molar-refractivity contribution in [2.75, 3.05) is 19.6 Å². The van der Waals surface area contributed by atoms with Crippen LogP contribution in [0.2, 0.25) is 0 Å². The van der Waals surface area contributed by atoms with E-state index < -0.39 is 16.1 Å². The number of hydrogen-bond acceptors (Lipinski definition) is 4. The lowest BCUT2D eigenvalue weighted by Gasteiger charge is -2.34. The van der Waals surface area contributed by atoms with Crippen LogP contribution < -0.4 is 10.6 Å². The molecule has 24 heavy (non-hydrogen) atoms. The standard InChI is InChI=1S/C16H23N3O3S.ClH/c20-16(18-13-9-10-17-12-13)15-8-4-5-11-19(15)23(21,22)14-6-2-1-3-7-14;/h1-3,6-7,13,15,17H,4-5,8-12H2,(H,18,20);1H. The second-order valence-corrected chi connectivity index (χ2v) is 8.03. The highest BCUT2D eigenvalue weighted by Gasteiger charge is 2.38. The van der Waals surface area contributed by atoms with Crippen molar-refractivity contribution in [1.29, 1.82) is 0 Å². The van der Waals surface area contributed by atoms with Crippen LogP contribution in [-0.2, 0) is 14.8 Å². The zero-order valence-corrected chi connectivity index (χ0v) is 15.1. The molecule has 2 N–H and O–H groups in total. The fourth-order valence-electron chi connectivity index (χ4n) is 3.26. The zero-order valence-electron chi connectivity index (χ0n) is 13.5. The third-order valence-corrected chi connectivity index (χ3v) is 6.44. The number of sulfonamides is 1. The number of nitrogens with zero attached hydrogens (tertiary/aromatic N) is 1. The molecule has 0 bridgehead atoms. The summed E-state index contributed by atoms with van der Waals surface area (Å²) in [7, 11) is -3.63. The van der Waals surface area contributed by atoms with Crippen molar-refractivity contribution in [2.45, 2.75) is 42.7 Å². The van der Waals surface area contributed by atoms with Crippen molar-refractivity contribution in [3.8, 4) is 0 Å². The molecule has 0 saturated carbocycles. The molecule has 0 radical (unpaired) electrons. The lowest BCUT2D eigenvalue weighted by molar-refractivity contribution is -0.126. The largest absolute Gasteiger partial charge is 0.351 e. The van der Waals surface area contributed by atoms with Gasteiger partial charge < -0.3 is 10.6 Å². The number of amides is 1. The van der Waals surface area contributed by atoms with Gasteiger partial charge in [-0.1, -0.05) is 24.6 Å². The number of nitrogens with one attached hydrogen (secondary N) is 2. The summed E-state index contributed by atoms with van der Waals surface area (Å²) in [6, 6.07) is 7.86. The minimum Gasteiger partial charge on any atom is -0.351 e. The Morgan fingerprint density at radius 2 is 1.92 bits per heavy atom. The molecule has 1 amide bonds. The van der Waals surface area contributed by atoms with Crippen molar-refractivity contribution in [3.05, 3.63) is 30.3 Å². The van der Waals surface area contributed by atoms with Gasteiger partial charge in [-0.3, -0.25) is 4.79 Å². The Balaban J connectivity index is 0.00000208. The number of carbonyl (C=O) groups is 1. The molecule has 2 atom stereocenters. The third kappa shape index (κ3) is 4.08. The minimum absolute atomic E-state index is 0. The SMILES string of the molecule is Cl.O=C(NC1CCNC1)C1CCCCN1S(=O)(=O)c1ccccc1. The van der Waals surface area contributed by atoms with Crippen molar-refractivity contribution in [2.24, 2.45) is 0 Å². The molecule has 134 valence electrons. The van der Waals surface area contributed by atoms with Crippen LogP contribution >= 0.6 is 12.4 Å². The van der Waals surface area contributed by atoms with Crippen molar-refractivity contribution in [3.63, 3.8) is 0 Å². The first-order valence-corrected chi connectivity index (χ1v) is 9.61. The highest BCUT2D eigenvalue weighted by Crippen LogP contribution is 2.25. The second-order valence-electron chi connectivity index (χ2n) is 6.14. The van der Waals surface area contributed by atoms with Gasteiger partial charge >= 0.3 is 0 Å². The topological polar surface area (TPSA) is 78.5 Å². The first-order valence-electron chi connectivity index (χ1n) is 8.17. The van der Waals surface area contributed by atoms with E-state index in [2.05, 4.69) is 10.6 Å². The van der Waals surface area contributed by atoms with E-state index in [4.69, 9.17) is 0 Å². The summed E-state index contributed by atoms with van der Waals surface area (Å²) in [6.45, 7) is 2.05. The van der Waals surface area contributed by atoms with E-state index >= 15 is 0 Å². The van der Waals surface area contributed by atoms with Crippen LogP contribution in [-0.4, -0.2) is 50.3 Å². The maximum Gasteiger partial charge on any atom is 0.243 e. The quantitative estimate of drug-likeness (QED) is 0.829. The Hall–Kier alpha value is -1.15. The average molecular weight is 374 g/mol. The summed E-state index contributed by atoms with van der Waals surface area (Å²) in [5.41, 5.74) is 0. The van der Waals surface area contributed by atoms with Crippen LogP contribution in [0.4, 0.5) is 0 Å². The van der Waals surface area contributed by atoms with Crippen LogP contribution in [0, 0.1) is 0 Å². The van der Waals surface area contributed by atoms with Gasteiger partial charge in [-0.25, -0.2) is 8.42 Å². The minimum atomic E-state index is -3.63. The zero-order chi connectivity index (χ0) is 16.3. The summed E-state index contributed by atoms with van der Waals surface area (Å²) in [5.74, 6) is -0.169. The summed E-state index contributed by atoms with van der Waals surface area (Å²) in [4.78, 5) is 12.8. The van der Waals surface area contributed by atoms with Crippen molar-refractivity contribution in [1.82, 2.24) is 14.9 Å². The molecule has 0 aromatic heterocycles. The van der Waals surface area contributed by atoms with Gasteiger partial charge in [0.05, 0.1) is 4.90 Å². The van der Waals surface area contributed by atoms with Gasteiger partial charge in [0.1, 0.15) is 6.04 Å². The maximum atomic E-state index is 12.9. The van der Waals surface area contributed by atoms with Gasteiger partial charge in [0.15, 0.2) is 0 Å². The Morgan fingerprint density at radius 3 is 2.58 bits per heavy atom. The monoisotopic (exact) mass is 373 g/mol. The highest BCUT2D eigenvalue weighted by molar-refractivity contribution is 7.89. The van der Waals surface area contributed by atoms with E-state index in [9.17, 15) is 13.2 Å². The summed E-state index contributed by atoms with van der Waals surface area (Å²) in [6.07, 6.45) is 3.14. The van der Waals surface area contributed by atoms with Gasteiger partial charge in [-0.2, -0.15) is 4.31 Å². The highest BCUT2D eigenvalue weighted by atomic mass is 35.5. The van der Waals surface area contributed by atoms with Gasteiger partial charge in [0.25, 0.3) is 0 Å². The molecule has 1 aromatic carbocycles. The average Bonchev–Trinajstić information content (AvgIpc) is 3.08. The van der Waals surface area contributed by atoms with E-state index in [0.717, 1.165) is 32.4 Å². The molecule has 0 spiro atoms. The lowest BCUT2D eigenvalue weighted by atomic mass is 10.0. The molecule has 0 aliphatic carbocycles. The molecule has 6 nitrogen and oxygen atoms in total. The fourth-order valence-corrected chi connectivity index (χ4v) is 4.94. The third-order valence-electron chi connectivity index (χ3n) is 4.51. The predicted molar refractivity (Wildman–Crippen MR) is 94.6 cm³/mol. The number of benzene rings is 1. The molecule has 2 unspecified atom stereocenters. The molecule has 8 heteroatoms. The lowest BCUT2D eigenvalue weighted by Crippen LogP contribution is -2.53. The molecule has 2 heterocycles. The Morgan fingerprint density at radius 1 is 1.17 bits per heavy atom. The van der Waals surface area contributed by atoms with Gasteiger partial charge in [0.2, 0.25) is 15.9 Å². The summed E-state index contributed by atoms with van der Waals surface area (Å²) < 4.78 is 27.1. The van der Waals surface area contributed by atoms with E-state index in [1.54, 1.807) is 30.3 Å². The summed E-state index contributed by atoms with van der Waals surface area (Å²) >= 11 is 0. The van der Waals surface area contributed by atoms with Gasteiger partial charge in [-0.15, -0.1) is 12.4 Å². The number of carbonyl (C=O) groups excluding carboxylic acids is 1. The Bertz CT molecular complexity index is 648. The molecular formula is C16H24ClN3O3S. The number of rotatable bonds is 4. The van der Waals surface area contributed by atoms with E-state index in [-0.39, 0.29) is 29.3 Å².